The largest absolute Gasteiger partial charge is 0.493 e. The molecule has 0 N–H and O–H groups in total. The summed E-state index contributed by atoms with van der Waals surface area (Å²) >= 11 is 0. The number of hydrogen-bond acceptors (Lipinski definition) is 7. The van der Waals surface area contributed by atoms with E-state index in [4.69, 9.17) is 28.4 Å². The zero-order valence-corrected chi connectivity index (χ0v) is 18.8. The van der Waals surface area contributed by atoms with Crippen LogP contribution in [0.1, 0.15) is 22.6 Å². The summed E-state index contributed by atoms with van der Waals surface area (Å²) in [6.07, 6.45) is 2.37. The number of rotatable bonds is 8. The summed E-state index contributed by atoms with van der Waals surface area (Å²) in [6.45, 7) is 4.45. The molecule has 2 aromatic carbocycles. The Labute approximate surface area is 187 Å². The van der Waals surface area contributed by atoms with Gasteiger partial charge in [-0.3, -0.25) is 4.79 Å². The minimum absolute atomic E-state index is 0.0606. The van der Waals surface area contributed by atoms with Crippen LogP contribution in [0.15, 0.2) is 36.9 Å². The van der Waals surface area contributed by atoms with Crippen LogP contribution in [0.4, 0.5) is 0 Å². The van der Waals surface area contributed by atoms with Crippen molar-refractivity contribution in [2.24, 2.45) is 11.8 Å². The summed E-state index contributed by atoms with van der Waals surface area (Å²) < 4.78 is 33.8. The molecule has 1 fully saturated rings. The van der Waals surface area contributed by atoms with Gasteiger partial charge in [-0.25, -0.2) is 0 Å². The standard InChI is InChI=1S/C25H28O7/c1-6-9-31-17-8-7-14(11-18(17)27-2)20-21-15(10-16-13-32-25(26)22(16)20)12-19(28-3)23(29-4)24(21)30-5/h6-8,11-12,16,20,22H,1,9-10,13H2,2-5H3/t16-,20-,22-/m0/s1. The van der Waals surface area contributed by atoms with Gasteiger partial charge in [-0.15, -0.1) is 0 Å². The normalized spacial score (nSPS) is 21.1. The van der Waals surface area contributed by atoms with Crippen LogP contribution < -0.4 is 23.7 Å². The van der Waals surface area contributed by atoms with E-state index < -0.39 is 0 Å². The van der Waals surface area contributed by atoms with Gasteiger partial charge >= 0.3 is 5.97 Å². The Hall–Kier alpha value is -3.35. The first kappa shape index (κ1) is 21.9. The second kappa shape index (κ2) is 9.02. The van der Waals surface area contributed by atoms with Crippen molar-refractivity contribution in [3.05, 3.63) is 53.6 Å². The number of ether oxygens (including phenoxy) is 6. The van der Waals surface area contributed by atoms with E-state index in [0.717, 1.165) is 16.7 Å². The first-order valence-corrected chi connectivity index (χ1v) is 10.5. The highest BCUT2D eigenvalue weighted by Crippen LogP contribution is 2.55. The van der Waals surface area contributed by atoms with Crippen LogP contribution in [-0.4, -0.2) is 47.6 Å². The first-order chi connectivity index (χ1) is 15.6. The van der Waals surface area contributed by atoms with E-state index in [2.05, 4.69) is 6.58 Å². The monoisotopic (exact) mass is 440 g/mol. The molecule has 2 aliphatic rings. The quantitative estimate of drug-likeness (QED) is 0.457. The van der Waals surface area contributed by atoms with Crippen LogP contribution in [0.3, 0.4) is 0 Å². The Morgan fingerprint density at radius 2 is 1.75 bits per heavy atom. The number of benzene rings is 2. The second-order valence-electron chi connectivity index (χ2n) is 7.83. The number of esters is 1. The molecule has 1 saturated heterocycles. The average Bonchev–Trinajstić information content (AvgIpc) is 3.19. The van der Waals surface area contributed by atoms with Crippen LogP contribution in [-0.2, 0) is 16.0 Å². The minimum Gasteiger partial charge on any atom is -0.493 e. The van der Waals surface area contributed by atoms with Gasteiger partial charge in [0.05, 0.1) is 41.0 Å². The Balaban J connectivity index is 1.93. The molecule has 0 bridgehead atoms. The van der Waals surface area contributed by atoms with Crippen molar-refractivity contribution in [3.63, 3.8) is 0 Å². The summed E-state index contributed by atoms with van der Waals surface area (Å²) in [7, 11) is 6.37. The minimum atomic E-state index is -0.334. The number of hydrogen-bond donors (Lipinski definition) is 0. The summed E-state index contributed by atoms with van der Waals surface area (Å²) in [6, 6.07) is 7.70. The highest BCUT2D eigenvalue weighted by atomic mass is 16.5. The molecular weight excluding hydrogens is 412 g/mol. The maximum Gasteiger partial charge on any atom is 0.310 e. The summed E-state index contributed by atoms with van der Waals surface area (Å²) in [5, 5.41) is 0. The van der Waals surface area contributed by atoms with Crippen LogP contribution in [0.2, 0.25) is 0 Å². The fraction of sp³-hybridized carbons (Fsp3) is 0.400. The Bertz CT molecular complexity index is 1030. The van der Waals surface area contributed by atoms with Gasteiger partial charge < -0.3 is 28.4 Å². The first-order valence-electron chi connectivity index (χ1n) is 10.5. The molecule has 0 unspecified atom stereocenters. The van der Waals surface area contributed by atoms with Crippen molar-refractivity contribution < 1.29 is 33.2 Å². The third kappa shape index (κ3) is 3.51. The van der Waals surface area contributed by atoms with Gasteiger partial charge in [-0.1, -0.05) is 18.7 Å². The summed E-state index contributed by atoms with van der Waals surface area (Å²) in [4.78, 5) is 12.9. The van der Waals surface area contributed by atoms with Gasteiger partial charge in [0.15, 0.2) is 23.0 Å². The topological polar surface area (TPSA) is 72.5 Å². The molecular formula is C25H28O7. The Morgan fingerprint density at radius 1 is 1.00 bits per heavy atom. The number of methoxy groups -OCH3 is 4. The Kier molecular flexibility index (Phi) is 6.17. The van der Waals surface area contributed by atoms with E-state index in [-0.39, 0.29) is 23.7 Å². The highest BCUT2D eigenvalue weighted by molar-refractivity contribution is 5.79. The molecule has 1 aliphatic heterocycles. The SMILES string of the molecule is C=CCOc1ccc([C@H]2c3c(cc(OC)c(OC)c3OC)C[C@H]3COC(=O)[C@@H]32)cc1OC. The van der Waals surface area contributed by atoms with E-state index in [9.17, 15) is 4.79 Å². The zero-order valence-electron chi connectivity index (χ0n) is 18.8. The molecule has 0 amide bonds. The van der Waals surface area contributed by atoms with Gasteiger partial charge in [-0.2, -0.15) is 0 Å². The lowest BCUT2D eigenvalue weighted by Gasteiger charge is -2.35. The molecule has 32 heavy (non-hydrogen) atoms. The average molecular weight is 440 g/mol. The van der Waals surface area contributed by atoms with Crippen molar-refractivity contribution in [1.82, 2.24) is 0 Å². The van der Waals surface area contributed by atoms with Crippen molar-refractivity contribution >= 4 is 5.97 Å². The van der Waals surface area contributed by atoms with Crippen LogP contribution in [0, 0.1) is 11.8 Å². The maximum atomic E-state index is 12.9. The van der Waals surface area contributed by atoms with E-state index in [0.29, 0.717) is 48.4 Å². The smallest absolute Gasteiger partial charge is 0.310 e. The van der Waals surface area contributed by atoms with E-state index >= 15 is 0 Å². The van der Waals surface area contributed by atoms with Crippen molar-refractivity contribution in [3.8, 4) is 28.7 Å². The molecule has 4 rings (SSSR count). The number of carbonyl (C=O) groups is 1. The molecule has 1 heterocycles. The van der Waals surface area contributed by atoms with Gasteiger partial charge in [0.2, 0.25) is 5.75 Å². The molecule has 0 aromatic heterocycles. The van der Waals surface area contributed by atoms with Crippen LogP contribution in [0.5, 0.6) is 28.7 Å². The van der Waals surface area contributed by atoms with Crippen molar-refractivity contribution in [1.29, 1.82) is 0 Å². The summed E-state index contributed by atoms with van der Waals surface area (Å²) in [5.74, 6) is 2.08. The molecule has 1 aliphatic carbocycles. The van der Waals surface area contributed by atoms with Gasteiger partial charge in [0.25, 0.3) is 0 Å². The molecule has 7 nitrogen and oxygen atoms in total. The van der Waals surface area contributed by atoms with E-state index in [1.807, 2.05) is 24.3 Å². The van der Waals surface area contributed by atoms with E-state index in [1.165, 1.54) is 0 Å². The Morgan fingerprint density at radius 3 is 2.41 bits per heavy atom. The zero-order chi connectivity index (χ0) is 22.8. The predicted octanol–water partition coefficient (Wildman–Crippen LogP) is 3.76. The number of cyclic esters (lactones) is 1. The third-order valence-corrected chi connectivity index (χ3v) is 6.23. The van der Waals surface area contributed by atoms with E-state index in [1.54, 1.807) is 34.5 Å². The number of fused-ring (bicyclic) bond motifs is 2. The molecule has 7 heteroatoms. The molecule has 0 saturated carbocycles. The van der Waals surface area contributed by atoms with Crippen LogP contribution >= 0.6 is 0 Å². The third-order valence-electron chi connectivity index (χ3n) is 6.23. The molecule has 0 radical (unpaired) electrons. The molecule has 3 atom stereocenters. The van der Waals surface area contributed by atoms with Crippen molar-refractivity contribution in [2.45, 2.75) is 12.3 Å². The van der Waals surface area contributed by atoms with Gasteiger partial charge in [0.1, 0.15) is 6.61 Å². The highest BCUT2D eigenvalue weighted by Gasteiger charge is 2.49. The molecule has 170 valence electrons. The van der Waals surface area contributed by atoms with Gasteiger partial charge in [-0.05, 0) is 35.7 Å². The fourth-order valence-electron chi connectivity index (χ4n) is 4.90. The lowest BCUT2D eigenvalue weighted by atomic mass is 9.67. The van der Waals surface area contributed by atoms with Crippen LogP contribution in [0.25, 0.3) is 0 Å². The van der Waals surface area contributed by atoms with Crippen molar-refractivity contribution in [2.75, 3.05) is 41.7 Å². The lowest BCUT2D eigenvalue weighted by molar-refractivity contribution is -0.141. The second-order valence-corrected chi connectivity index (χ2v) is 7.83. The lowest BCUT2D eigenvalue weighted by Crippen LogP contribution is -2.32. The fourth-order valence-corrected chi connectivity index (χ4v) is 4.90. The summed E-state index contributed by atoms with van der Waals surface area (Å²) in [5.41, 5.74) is 2.87. The molecule has 2 aromatic rings. The maximum absolute atomic E-state index is 12.9. The van der Waals surface area contributed by atoms with Gasteiger partial charge in [0, 0.05) is 17.4 Å². The predicted molar refractivity (Wildman–Crippen MR) is 118 cm³/mol. The number of carbonyl (C=O) groups excluding carboxylic acids is 1. The molecule has 0 spiro atoms.